The molecule has 1 saturated heterocycles. The van der Waals surface area contributed by atoms with E-state index in [1.807, 2.05) is 32.0 Å². The maximum Gasteiger partial charge on any atom is 0.240 e. The van der Waals surface area contributed by atoms with E-state index in [0.29, 0.717) is 18.8 Å². The second-order valence-electron chi connectivity index (χ2n) is 5.31. The maximum atomic E-state index is 11.9. The van der Waals surface area contributed by atoms with Crippen LogP contribution in [0.3, 0.4) is 0 Å². The average molecular weight is 263 g/mol. The number of carbonyl (C=O) groups excluding carboxylic acids is 1. The lowest BCUT2D eigenvalue weighted by Crippen LogP contribution is -2.61. The fourth-order valence-electron chi connectivity index (χ4n) is 2.35. The first kappa shape index (κ1) is 13.7. The van der Waals surface area contributed by atoms with E-state index in [1.165, 1.54) is 0 Å². The van der Waals surface area contributed by atoms with E-state index in [4.69, 9.17) is 10.5 Å². The van der Waals surface area contributed by atoms with Crippen LogP contribution in [0.2, 0.25) is 0 Å². The van der Waals surface area contributed by atoms with Crippen LogP contribution in [-0.4, -0.2) is 36.5 Å². The number of rotatable bonds is 3. The molecule has 0 atom stereocenters. The van der Waals surface area contributed by atoms with Crippen LogP contribution in [0.5, 0.6) is 5.75 Å². The Balaban J connectivity index is 2.25. The Hall–Kier alpha value is -1.75. The Bertz CT molecular complexity index is 486. The Morgan fingerprint density at radius 1 is 1.47 bits per heavy atom. The lowest BCUT2D eigenvalue weighted by Gasteiger charge is -2.41. The molecule has 19 heavy (non-hydrogen) atoms. The van der Waals surface area contributed by atoms with Crippen molar-refractivity contribution in [2.75, 3.05) is 25.9 Å². The van der Waals surface area contributed by atoms with Gasteiger partial charge in [-0.15, -0.1) is 0 Å². The second-order valence-corrected chi connectivity index (χ2v) is 5.31. The lowest BCUT2D eigenvalue weighted by molar-refractivity contribution is -0.135. The minimum absolute atomic E-state index is 0.0571. The first-order valence-electron chi connectivity index (χ1n) is 6.41. The van der Waals surface area contributed by atoms with Gasteiger partial charge in [0.2, 0.25) is 5.91 Å². The van der Waals surface area contributed by atoms with Crippen molar-refractivity contribution in [1.29, 1.82) is 0 Å². The third kappa shape index (κ3) is 2.66. The van der Waals surface area contributed by atoms with Gasteiger partial charge < -0.3 is 15.8 Å². The van der Waals surface area contributed by atoms with Crippen LogP contribution in [0.1, 0.15) is 19.4 Å². The molecular weight excluding hydrogens is 242 g/mol. The Kier molecular flexibility index (Phi) is 3.66. The molecule has 1 aromatic carbocycles. The molecule has 1 fully saturated rings. The number of nitrogen functional groups attached to an aromatic ring is 1. The summed E-state index contributed by atoms with van der Waals surface area (Å²) in [5.74, 6) is 0.859. The van der Waals surface area contributed by atoms with Crippen molar-refractivity contribution in [3.63, 3.8) is 0 Å². The van der Waals surface area contributed by atoms with Crippen molar-refractivity contribution in [2.24, 2.45) is 0 Å². The van der Waals surface area contributed by atoms with Gasteiger partial charge in [0, 0.05) is 30.9 Å². The first-order chi connectivity index (χ1) is 8.95. The molecule has 1 heterocycles. The number of methoxy groups -OCH3 is 1. The molecule has 0 aromatic heterocycles. The van der Waals surface area contributed by atoms with E-state index < -0.39 is 5.54 Å². The zero-order chi connectivity index (χ0) is 14.0. The zero-order valence-electron chi connectivity index (χ0n) is 11.7. The molecule has 1 amide bonds. The van der Waals surface area contributed by atoms with Gasteiger partial charge in [-0.3, -0.25) is 9.69 Å². The summed E-state index contributed by atoms with van der Waals surface area (Å²) in [6.45, 7) is 6.00. The van der Waals surface area contributed by atoms with E-state index in [2.05, 4.69) is 10.2 Å². The number of amides is 1. The summed E-state index contributed by atoms with van der Waals surface area (Å²) in [6, 6.07) is 5.58. The van der Waals surface area contributed by atoms with Crippen LogP contribution in [0.4, 0.5) is 5.69 Å². The number of benzene rings is 1. The second kappa shape index (κ2) is 5.09. The number of hydrogen-bond donors (Lipinski definition) is 2. The Labute approximate surface area is 113 Å². The standard InChI is InChI=1S/C14H21N3O2/c1-14(2)13(18)16-6-7-17(14)9-10-8-11(15)4-5-12(10)19-3/h4-5,8H,6-7,9,15H2,1-3H3,(H,16,18). The number of ether oxygens (including phenoxy) is 1. The molecule has 1 aromatic rings. The molecule has 0 saturated carbocycles. The van der Waals surface area contributed by atoms with Gasteiger partial charge in [0.15, 0.2) is 0 Å². The third-order valence-corrected chi connectivity index (χ3v) is 3.68. The van der Waals surface area contributed by atoms with Crippen LogP contribution < -0.4 is 15.8 Å². The van der Waals surface area contributed by atoms with Crippen molar-refractivity contribution in [2.45, 2.75) is 25.9 Å². The molecule has 0 spiro atoms. The fraction of sp³-hybridized carbons (Fsp3) is 0.500. The highest BCUT2D eigenvalue weighted by molar-refractivity contribution is 5.86. The number of hydrogen-bond acceptors (Lipinski definition) is 4. The largest absolute Gasteiger partial charge is 0.496 e. The number of nitrogens with one attached hydrogen (secondary N) is 1. The van der Waals surface area contributed by atoms with Crippen molar-refractivity contribution in [3.05, 3.63) is 23.8 Å². The predicted octanol–water partition coefficient (Wildman–Crippen LogP) is 0.988. The Morgan fingerprint density at radius 3 is 2.89 bits per heavy atom. The molecule has 1 aliphatic heterocycles. The molecule has 0 unspecified atom stereocenters. The van der Waals surface area contributed by atoms with Gasteiger partial charge in [0.05, 0.1) is 12.6 Å². The van der Waals surface area contributed by atoms with E-state index in [9.17, 15) is 4.79 Å². The molecule has 3 N–H and O–H groups in total. The van der Waals surface area contributed by atoms with Gasteiger partial charge in [-0.2, -0.15) is 0 Å². The van der Waals surface area contributed by atoms with Crippen LogP contribution in [0, 0.1) is 0 Å². The van der Waals surface area contributed by atoms with Gasteiger partial charge in [-0.25, -0.2) is 0 Å². The van der Waals surface area contributed by atoms with E-state index >= 15 is 0 Å². The van der Waals surface area contributed by atoms with Crippen LogP contribution in [-0.2, 0) is 11.3 Å². The minimum atomic E-state index is -0.520. The van der Waals surface area contributed by atoms with Crippen LogP contribution in [0.25, 0.3) is 0 Å². The van der Waals surface area contributed by atoms with Crippen LogP contribution >= 0.6 is 0 Å². The highest BCUT2D eigenvalue weighted by atomic mass is 16.5. The number of nitrogens with two attached hydrogens (primary N) is 1. The average Bonchev–Trinajstić information content (AvgIpc) is 2.36. The van der Waals surface area contributed by atoms with Crippen molar-refractivity contribution in [3.8, 4) is 5.75 Å². The van der Waals surface area contributed by atoms with Crippen LogP contribution in [0.15, 0.2) is 18.2 Å². The highest BCUT2D eigenvalue weighted by Gasteiger charge is 2.37. The predicted molar refractivity (Wildman–Crippen MR) is 74.9 cm³/mol. The van der Waals surface area contributed by atoms with Gasteiger partial charge in [0.25, 0.3) is 0 Å². The first-order valence-corrected chi connectivity index (χ1v) is 6.41. The maximum absolute atomic E-state index is 11.9. The molecule has 1 aliphatic rings. The zero-order valence-corrected chi connectivity index (χ0v) is 11.7. The lowest BCUT2D eigenvalue weighted by atomic mass is 9.97. The molecule has 5 nitrogen and oxygen atoms in total. The molecule has 104 valence electrons. The summed E-state index contributed by atoms with van der Waals surface area (Å²) >= 11 is 0. The van der Waals surface area contributed by atoms with Crippen molar-refractivity contribution < 1.29 is 9.53 Å². The van der Waals surface area contributed by atoms with Gasteiger partial charge in [-0.05, 0) is 32.0 Å². The topological polar surface area (TPSA) is 67.6 Å². The number of nitrogens with zero attached hydrogens (tertiary/aromatic N) is 1. The smallest absolute Gasteiger partial charge is 0.240 e. The molecule has 0 bridgehead atoms. The highest BCUT2D eigenvalue weighted by Crippen LogP contribution is 2.27. The minimum Gasteiger partial charge on any atom is -0.496 e. The summed E-state index contributed by atoms with van der Waals surface area (Å²) in [5, 5.41) is 2.89. The van der Waals surface area contributed by atoms with E-state index in [-0.39, 0.29) is 5.91 Å². The fourth-order valence-corrected chi connectivity index (χ4v) is 2.35. The summed E-state index contributed by atoms with van der Waals surface area (Å²) in [4.78, 5) is 14.1. The normalized spacial score (nSPS) is 19.0. The number of piperazine rings is 1. The van der Waals surface area contributed by atoms with Gasteiger partial charge in [0.1, 0.15) is 5.75 Å². The summed E-state index contributed by atoms with van der Waals surface area (Å²) in [6.07, 6.45) is 0. The van der Waals surface area contributed by atoms with Gasteiger partial charge in [-0.1, -0.05) is 0 Å². The monoisotopic (exact) mass is 263 g/mol. The van der Waals surface area contributed by atoms with E-state index in [0.717, 1.165) is 17.9 Å². The molecule has 2 rings (SSSR count). The van der Waals surface area contributed by atoms with Crippen molar-refractivity contribution >= 4 is 11.6 Å². The molecular formula is C14H21N3O2. The molecule has 5 heteroatoms. The van der Waals surface area contributed by atoms with Crippen molar-refractivity contribution in [1.82, 2.24) is 10.2 Å². The molecule has 0 radical (unpaired) electrons. The summed E-state index contributed by atoms with van der Waals surface area (Å²) in [7, 11) is 1.64. The Morgan fingerprint density at radius 2 is 2.21 bits per heavy atom. The number of anilines is 1. The van der Waals surface area contributed by atoms with E-state index in [1.54, 1.807) is 7.11 Å². The SMILES string of the molecule is COc1ccc(N)cc1CN1CCNC(=O)C1(C)C. The summed E-state index contributed by atoms with van der Waals surface area (Å²) < 4.78 is 5.35. The van der Waals surface area contributed by atoms with Gasteiger partial charge >= 0.3 is 0 Å². The third-order valence-electron chi connectivity index (χ3n) is 3.68. The number of carbonyl (C=O) groups is 1. The quantitative estimate of drug-likeness (QED) is 0.798. The summed E-state index contributed by atoms with van der Waals surface area (Å²) in [5.41, 5.74) is 7.02. The molecule has 0 aliphatic carbocycles.